The first-order valence-corrected chi connectivity index (χ1v) is 6.88. The Balaban J connectivity index is 2.05. The van der Waals surface area contributed by atoms with Gasteiger partial charge in [-0.1, -0.05) is 0 Å². The van der Waals surface area contributed by atoms with Gasteiger partial charge in [0.1, 0.15) is 6.61 Å². The van der Waals surface area contributed by atoms with Gasteiger partial charge in [-0.2, -0.15) is 0 Å². The second-order valence-corrected chi connectivity index (χ2v) is 4.79. The first kappa shape index (κ1) is 17.3. The second kappa shape index (κ2) is 9.24. The summed E-state index contributed by atoms with van der Waals surface area (Å²) in [4.78, 5) is 40.3. The van der Waals surface area contributed by atoms with E-state index in [4.69, 9.17) is 4.74 Å². The lowest BCUT2D eigenvalue weighted by molar-refractivity contribution is -0.757. The molecule has 1 aliphatic heterocycles. The van der Waals surface area contributed by atoms with Crippen LogP contribution in [0, 0.1) is 10.1 Å². The lowest BCUT2D eigenvalue weighted by atomic mass is 10.3. The van der Waals surface area contributed by atoms with Crippen LogP contribution in [0.3, 0.4) is 0 Å². The van der Waals surface area contributed by atoms with Crippen LogP contribution < -0.4 is 0 Å². The van der Waals surface area contributed by atoms with Crippen molar-refractivity contribution in [3.05, 3.63) is 10.1 Å². The van der Waals surface area contributed by atoms with Gasteiger partial charge in [0.2, 0.25) is 5.78 Å². The quantitative estimate of drug-likeness (QED) is 0.182. The Labute approximate surface area is 122 Å². The molecule has 0 atom stereocenters. The molecule has 0 spiro atoms. The topological polar surface area (TPSA) is 102 Å². The van der Waals surface area contributed by atoms with Crippen molar-refractivity contribution in [3.8, 4) is 0 Å². The minimum absolute atomic E-state index is 0.119. The highest BCUT2D eigenvalue weighted by Crippen LogP contribution is 2.02. The van der Waals surface area contributed by atoms with Crippen LogP contribution in [0.15, 0.2) is 0 Å². The van der Waals surface area contributed by atoms with Crippen molar-refractivity contribution in [2.45, 2.75) is 13.3 Å². The summed E-state index contributed by atoms with van der Waals surface area (Å²) in [5.74, 6) is -1.38. The molecule has 0 N–H and O–H groups in total. The molecular formula is C12H21N3O6. The maximum atomic E-state index is 11.0. The van der Waals surface area contributed by atoms with Crippen molar-refractivity contribution in [1.82, 2.24) is 9.80 Å². The van der Waals surface area contributed by atoms with E-state index in [9.17, 15) is 19.7 Å². The molecule has 1 aliphatic rings. The summed E-state index contributed by atoms with van der Waals surface area (Å²) < 4.78 is 4.81. The van der Waals surface area contributed by atoms with Gasteiger partial charge in [-0.25, -0.2) is 4.79 Å². The number of hydrogen-bond donors (Lipinski definition) is 0. The summed E-state index contributed by atoms with van der Waals surface area (Å²) in [6.45, 7) is 6.30. The number of Topliss-reactive ketones (excluding diaryl/α,β-unsaturated/α-hetero) is 1. The van der Waals surface area contributed by atoms with Crippen LogP contribution in [0.1, 0.15) is 13.3 Å². The van der Waals surface area contributed by atoms with Gasteiger partial charge in [0.25, 0.3) is 5.09 Å². The third kappa shape index (κ3) is 7.57. The summed E-state index contributed by atoms with van der Waals surface area (Å²) in [5.41, 5.74) is 0. The fourth-order valence-corrected chi connectivity index (χ4v) is 2.03. The SMILES string of the molecule is CC(=O)C(=O)OCCN1CCN(CCCO[N+](=O)[O-])CC1. The summed E-state index contributed by atoms with van der Waals surface area (Å²) in [5, 5.41) is 9.21. The minimum atomic E-state index is -0.792. The first-order valence-electron chi connectivity index (χ1n) is 6.88. The summed E-state index contributed by atoms with van der Waals surface area (Å²) >= 11 is 0. The molecule has 1 saturated heterocycles. The molecule has 0 aliphatic carbocycles. The highest BCUT2D eigenvalue weighted by Gasteiger charge is 2.17. The van der Waals surface area contributed by atoms with Gasteiger partial charge in [0.15, 0.2) is 0 Å². The number of piperazine rings is 1. The number of nitrogens with zero attached hydrogens (tertiary/aromatic N) is 3. The van der Waals surface area contributed by atoms with Crippen molar-refractivity contribution in [1.29, 1.82) is 0 Å². The molecule has 9 heteroatoms. The standard InChI is InChI=1S/C12H21N3O6/c1-11(16)12(17)20-10-8-14-6-4-13(5-7-14)3-2-9-21-15(18)19/h2-10H2,1H3. The smallest absolute Gasteiger partial charge is 0.374 e. The molecule has 120 valence electrons. The molecule has 0 aromatic heterocycles. The van der Waals surface area contributed by atoms with E-state index < -0.39 is 16.8 Å². The molecule has 1 heterocycles. The van der Waals surface area contributed by atoms with Crippen molar-refractivity contribution in [2.75, 3.05) is 52.5 Å². The molecule has 0 bridgehead atoms. The molecule has 1 rings (SSSR count). The predicted molar refractivity (Wildman–Crippen MR) is 72.1 cm³/mol. The average Bonchev–Trinajstić information content (AvgIpc) is 2.44. The Morgan fingerprint density at radius 2 is 1.67 bits per heavy atom. The molecule has 0 saturated carbocycles. The van der Waals surface area contributed by atoms with Crippen LogP contribution in [-0.4, -0.2) is 79.1 Å². The number of esters is 1. The van der Waals surface area contributed by atoms with Crippen molar-refractivity contribution in [2.24, 2.45) is 0 Å². The second-order valence-electron chi connectivity index (χ2n) is 4.79. The largest absolute Gasteiger partial charge is 0.459 e. The van der Waals surface area contributed by atoms with Crippen LogP contribution in [-0.2, 0) is 19.2 Å². The molecule has 9 nitrogen and oxygen atoms in total. The Kier molecular flexibility index (Phi) is 7.62. The van der Waals surface area contributed by atoms with E-state index in [1.54, 1.807) is 0 Å². The van der Waals surface area contributed by atoms with Gasteiger partial charge in [-0.15, -0.1) is 10.1 Å². The molecule has 0 amide bonds. The highest BCUT2D eigenvalue weighted by molar-refractivity contribution is 6.32. The van der Waals surface area contributed by atoms with Crippen LogP contribution in [0.4, 0.5) is 0 Å². The molecule has 21 heavy (non-hydrogen) atoms. The number of ketones is 1. The maximum absolute atomic E-state index is 11.0. The zero-order chi connectivity index (χ0) is 15.7. The Morgan fingerprint density at radius 1 is 1.10 bits per heavy atom. The van der Waals surface area contributed by atoms with E-state index in [0.717, 1.165) is 32.7 Å². The Hall–Kier alpha value is -1.74. The van der Waals surface area contributed by atoms with Gasteiger partial charge in [-0.3, -0.25) is 9.69 Å². The third-order valence-corrected chi connectivity index (χ3v) is 3.21. The van der Waals surface area contributed by atoms with Crippen LogP contribution in [0.25, 0.3) is 0 Å². The monoisotopic (exact) mass is 303 g/mol. The van der Waals surface area contributed by atoms with Crippen molar-refractivity contribution < 1.29 is 24.3 Å². The van der Waals surface area contributed by atoms with Gasteiger partial charge < -0.3 is 14.5 Å². The molecule has 0 aromatic rings. The summed E-state index contributed by atoms with van der Waals surface area (Å²) in [7, 11) is 0. The first-order chi connectivity index (χ1) is 9.99. The third-order valence-electron chi connectivity index (χ3n) is 3.21. The van der Waals surface area contributed by atoms with Gasteiger partial charge in [0, 0.05) is 46.2 Å². The number of carbonyl (C=O) groups is 2. The van der Waals surface area contributed by atoms with Crippen molar-refractivity contribution in [3.63, 3.8) is 0 Å². The Morgan fingerprint density at radius 3 is 2.19 bits per heavy atom. The number of ether oxygens (including phenoxy) is 1. The Bertz CT molecular complexity index is 368. The maximum Gasteiger partial charge on any atom is 0.374 e. The van der Waals surface area contributed by atoms with Crippen LogP contribution in [0.2, 0.25) is 0 Å². The minimum Gasteiger partial charge on any atom is -0.459 e. The van der Waals surface area contributed by atoms with Gasteiger partial charge >= 0.3 is 5.97 Å². The van der Waals surface area contributed by atoms with Gasteiger partial charge in [0.05, 0.1) is 6.61 Å². The van der Waals surface area contributed by atoms with E-state index >= 15 is 0 Å². The van der Waals surface area contributed by atoms with Crippen molar-refractivity contribution >= 4 is 11.8 Å². The molecule has 1 fully saturated rings. The highest BCUT2D eigenvalue weighted by atomic mass is 16.9. The summed E-state index contributed by atoms with van der Waals surface area (Å²) in [6.07, 6.45) is 0.622. The van der Waals surface area contributed by atoms with E-state index in [1.807, 2.05) is 0 Å². The zero-order valence-electron chi connectivity index (χ0n) is 12.2. The molecule has 0 unspecified atom stereocenters. The van der Waals surface area contributed by atoms with E-state index in [2.05, 4.69) is 14.6 Å². The summed E-state index contributed by atoms with van der Waals surface area (Å²) in [6, 6.07) is 0. The number of hydrogen-bond acceptors (Lipinski definition) is 8. The lowest BCUT2D eigenvalue weighted by Gasteiger charge is -2.34. The van der Waals surface area contributed by atoms with Gasteiger partial charge in [-0.05, 0) is 6.42 Å². The predicted octanol–water partition coefficient (Wildman–Crippen LogP) is -0.665. The number of rotatable bonds is 9. The van der Waals surface area contributed by atoms with Crippen LogP contribution in [0.5, 0.6) is 0 Å². The average molecular weight is 303 g/mol. The molecule has 0 radical (unpaired) electrons. The van der Waals surface area contributed by atoms with Crippen LogP contribution >= 0.6 is 0 Å². The fourth-order valence-electron chi connectivity index (χ4n) is 2.03. The zero-order valence-corrected chi connectivity index (χ0v) is 12.2. The molecule has 0 aromatic carbocycles. The van der Waals surface area contributed by atoms with E-state index in [-0.39, 0.29) is 13.2 Å². The fraction of sp³-hybridized carbons (Fsp3) is 0.833. The van der Waals surface area contributed by atoms with E-state index in [0.29, 0.717) is 13.0 Å². The number of carbonyl (C=O) groups excluding carboxylic acids is 2. The molecular weight excluding hydrogens is 282 g/mol. The normalized spacial score (nSPS) is 16.4. The lowest BCUT2D eigenvalue weighted by Crippen LogP contribution is -2.47. The van der Waals surface area contributed by atoms with E-state index in [1.165, 1.54) is 6.92 Å².